The van der Waals surface area contributed by atoms with Crippen LogP contribution in [0, 0.1) is 0 Å². The van der Waals surface area contributed by atoms with Crippen LogP contribution in [0.15, 0.2) is 24.4 Å². The highest BCUT2D eigenvalue weighted by atomic mass is 16.5. The number of carbonyl (C=O) groups excluding carboxylic acids is 2. The van der Waals surface area contributed by atoms with Crippen molar-refractivity contribution in [1.29, 1.82) is 0 Å². The fraction of sp³-hybridized carbons (Fsp3) is 0.417. The lowest BCUT2D eigenvalue weighted by Gasteiger charge is -2.08. The molecule has 1 unspecified atom stereocenters. The number of pyridine rings is 1. The molecule has 1 aromatic rings. The third-order valence-corrected chi connectivity index (χ3v) is 2.30. The quantitative estimate of drug-likeness (QED) is 0.561. The summed E-state index contributed by atoms with van der Waals surface area (Å²) in [5.41, 5.74) is 0.862. The standard InChI is InChI=1S/C12H15NO3/c1-9(11-5-3-4-6-13-11)7-10(14)8-12(15)16-2/h3-6,9H,7-8H2,1-2H3. The van der Waals surface area contributed by atoms with Crippen LogP contribution in [0.2, 0.25) is 0 Å². The Bertz CT molecular complexity index is 362. The minimum absolute atomic E-state index is 0.0263. The number of ether oxygens (including phenoxy) is 1. The second-order valence-electron chi connectivity index (χ2n) is 3.65. The molecule has 1 heterocycles. The summed E-state index contributed by atoms with van der Waals surface area (Å²) in [7, 11) is 1.28. The lowest BCUT2D eigenvalue weighted by molar-refractivity contribution is -0.143. The normalized spacial score (nSPS) is 11.9. The van der Waals surface area contributed by atoms with Crippen molar-refractivity contribution in [3.63, 3.8) is 0 Å². The zero-order valence-corrected chi connectivity index (χ0v) is 9.47. The summed E-state index contributed by atoms with van der Waals surface area (Å²) in [6.45, 7) is 1.91. The van der Waals surface area contributed by atoms with Gasteiger partial charge in [-0.25, -0.2) is 0 Å². The van der Waals surface area contributed by atoms with Crippen LogP contribution in [-0.4, -0.2) is 23.8 Å². The van der Waals surface area contributed by atoms with Gasteiger partial charge in [0.1, 0.15) is 12.2 Å². The van der Waals surface area contributed by atoms with Gasteiger partial charge in [-0.2, -0.15) is 0 Å². The Morgan fingerprint density at radius 3 is 2.75 bits per heavy atom. The van der Waals surface area contributed by atoms with E-state index in [9.17, 15) is 9.59 Å². The molecule has 0 saturated heterocycles. The molecule has 1 rings (SSSR count). The molecule has 0 fully saturated rings. The maximum absolute atomic E-state index is 11.5. The predicted molar refractivity (Wildman–Crippen MR) is 58.9 cm³/mol. The summed E-state index contributed by atoms with van der Waals surface area (Å²) in [4.78, 5) is 26.5. The Kier molecular flexibility index (Phi) is 4.64. The Morgan fingerprint density at radius 2 is 2.19 bits per heavy atom. The van der Waals surface area contributed by atoms with E-state index in [0.29, 0.717) is 6.42 Å². The Labute approximate surface area is 94.6 Å². The van der Waals surface area contributed by atoms with Gasteiger partial charge in [-0.1, -0.05) is 13.0 Å². The summed E-state index contributed by atoms with van der Waals surface area (Å²) < 4.78 is 4.43. The molecule has 0 spiro atoms. The average Bonchev–Trinajstić information content (AvgIpc) is 2.29. The van der Waals surface area contributed by atoms with Gasteiger partial charge in [0.05, 0.1) is 7.11 Å². The van der Waals surface area contributed by atoms with Crippen molar-refractivity contribution in [3.8, 4) is 0 Å². The van der Waals surface area contributed by atoms with E-state index in [1.54, 1.807) is 6.20 Å². The largest absolute Gasteiger partial charge is 0.469 e. The number of methoxy groups -OCH3 is 1. The molecule has 0 radical (unpaired) electrons. The number of aromatic nitrogens is 1. The second-order valence-corrected chi connectivity index (χ2v) is 3.65. The van der Waals surface area contributed by atoms with Crippen LogP contribution in [0.1, 0.15) is 31.4 Å². The van der Waals surface area contributed by atoms with Crippen molar-refractivity contribution in [2.24, 2.45) is 0 Å². The zero-order chi connectivity index (χ0) is 12.0. The van der Waals surface area contributed by atoms with Gasteiger partial charge in [0.25, 0.3) is 0 Å². The molecule has 0 aromatic carbocycles. The summed E-state index contributed by atoms with van der Waals surface area (Å²) in [5.74, 6) is -0.582. The molecule has 0 saturated carbocycles. The van der Waals surface area contributed by atoms with Crippen molar-refractivity contribution >= 4 is 11.8 Å². The Hall–Kier alpha value is -1.71. The van der Waals surface area contributed by atoms with Crippen molar-refractivity contribution in [2.45, 2.75) is 25.7 Å². The molecule has 16 heavy (non-hydrogen) atoms. The van der Waals surface area contributed by atoms with E-state index < -0.39 is 5.97 Å². The highest BCUT2D eigenvalue weighted by Crippen LogP contribution is 2.17. The number of ketones is 1. The van der Waals surface area contributed by atoms with Gasteiger partial charge in [-0.05, 0) is 12.1 Å². The molecule has 0 aliphatic carbocycles. The van der Waals surface area contributed by atoms with Gasteiger partial charge in [0, 0.05) is 24.2 Å². The molecule has 0 bridgehead atoms. The van der Waals surface area contributed by atoms with Crippen molar-refractivity contribution < 1.29 is 14.3 Å². The zero-order valence-electron chi connectivity index (χ0n) is 9.47. The van der Waals surface area contributed by atoms with E-state index in [0.717, 1.165) is 5.69 Å². The molecule has 86 valence electrons. The first-order valence-electron chi connectivity index (χ1n) is 5.13. The van der Waals surface area contributed by atoms with Crippen LogP contribution < -0.4 is 0 Å². The fourth-order valence-corrected chi connectivity index (χ4v) is 1.42. The topological polar surface area (TPSA) is 56.3 Å². The summed E-state index contributed by atoms with van der Waals surface area (Å²) >= 11 is 0. The van der Waals surface area contributed by atoms with Crippen LogP contribution >= 0.6 is 0 Å². The minimum atomic E-state index is -0.488. The number of hydrogen-bond acceptors (Lipinski definition) is 4. The lowest BCUT2D eigenvalue weighted by atomic mass is 9.99. The number of Topliss-reactive ketones (excluding diaryl/α,β-unsaturated/α-hetero) is 1. The van der Waals surface area contributed by atoms with Crippen LogP contribution in [0.4, 0.5) is 0 Å². The van der Waals surface area contributed by atoms with Crippen molar-refractivity contribution in [3.05, 3.63) is 30.1 Å². The van der Waals surface area contributed by atoms with E-state index >= 15 is 0 Å². The Morgan fingerprint density at radius 1 is 1.44 bits per heavy atom. The summed E-state index contributed by atoms with van der Waals surface area (Å²) in [6.07, 6.45) is 1.84. The molecular weight excluding hydrogens is 206 g/mol. The Balaban J connectivity index is 2.49. The first kappa shape index (κ1) is 12.4. The molecule has 1 atom stereocenters. The summed E-state index contributed by atoms with van der Waals surface area (Å²) in [6, 6.07) is 5.58. The number of rotatable bonds is 5. The maximum atomic E-state index is 11.5. The van der Waals surface area contributed by atoms with Gasteiger partial charge in [0.15, 0.2) is 0 Å². The van der Waals surface area contributed by atoms with Gasteiger partial charge in [0.2, 0.25) is 0 Å². The average molecular weight is 221 g/mol. The third kappa shape index (κ3) is 3.81. The SMILES string of the molecule is COC(=O)CC(=O)CC(C)c1ccccn1. The smallest absolute Gasteiger partial charge is 0.313 e. The van der Waals surface area contributed by atoms with Crippen LogP contribution in [0.3, 0.4) is 0 Å². The minimum Gasteiger partial charge on any atom is -0.469 e. The molecule has 4 heteroatoms. The molecular formula is C12H15NO3. The van der Waals surface area contributed by atoms with E-state index in [1.807, 2.05) is 25.1 Å². The second kappa shape index (κ2) is 6.00. The van der Waals surface area contributed by atoms with Crippen LogP contribution in [0.25, 0.3) is 0 Å². The van der Waals surface area contributed by atoms with Gasteiger partial charge in [-0.15, -0.1) is 0 Å². The molecule has 0 N–H and O–H groups in total. The number of esters is 1. The monoisotopic (exact) mass is 221 g/mol. The van der Waals surface area contributed by atoms with E-state index in [2.05, 4.69) is 9.72 Å². The van der Waals surface area contributed by atoms with E-state index in [4.69, 9.17) is 0 Å². The predicted octanol–water partition coefficient (Wildman–Crippen LogP) is 1.71. The number of nitrogens with zero attached hydrogens (tertiary/aromatic N) is 1. The molecule has 0 aliphatic rings. The van der Waals surface area contributed by atoms with Crippen LogP contribution in [0.5, 0.6) is 0 Å². The van der Waals surface area contributed by atoms with E-state index in [-0.39, 0.29) is 18.1 Å². The third-order valence-electron chi connectivity index (χ3n) is 2.30. The molecule has 0 aliphatic heterocycles. The van der Waals surface area contributed by atoms with Gasteiger partial charge < -0.3 is 4.74 Å². The van der Waals surface area contributed by atoms with Crippen molar-refractivity contribution in [1.82, 2.24) is 4.98 Å². The van der Waals surface area contributed by atoms with E-state index in [1.165, 1.54) is 7.11 Å². The highest BCUT2D eigenvalue weighted by molar-refractivity contribution is 5.95. The molecule has 0 amide bonds. The molecule has 4 nitrogen and oxygen atoms in total. The maximum Gasteiger partial charge on any atom is 0.313 e. The fourth-order valence-electron chi connectivity index (χ4n) is 1.42. The van der Waals surface area contributed by atoms with Gasteiger partial charge >= 0.3 is 5.97 Å². The number of carbonyl (C=O) groups is 2. The molecule has 1 aromatic heterocycles. The summed E-state index contributed by atoms with van der Waals surface area (Å²) in [5, 5.41) is 0. The highest BCUT2D eigenvalue weighted by Gasteiger charge is 2.15. The first-order chi connectivity index (χ1) is 7.63. The van der Waals surface area contributed by atoms with Crippen LogP contribution in [-0.2, 0) is 14.3 Å². The van der Waals surface area contributed by atoms with Crippen molar-refractivity contribution in [2.75, 3.05) is 7.11 Å². The number of hydrogen-bond donors (Lipinski definition) is 0. The first-order valence-corrected chi connectivity index (χ1v) is 5.13. The lowest BCUT2D eigenvalue weighted by Crippen LogP contribution is -2.12. The van der Waals surface area contributed by atoms with Gasteiger partial charge in [-0.3, -0.25) is 14.6 Å².